The summed E-state index contributed by atoms with van der Waals surface area (Å²) in [6, 6.07) is 6.45. The number of hydrogen-bond acceptors (Lipinski definition) is 6. The molecule has 1 amide bonds. The van der Waals surface area contributed by atoms with E-state index in [-0.39, 0.29) is 35.7 Å². The normalized spacial score (nSPS) is 15.8. The average molecular weight is 480 g/mol. The van der Waals surface area contributed by atoms with Crippen LogP contribution in [-0.4, -0.2) is 61.3 Å². The molecule has 9 heteroatoms. The largest absolute Gasteiger partial charge is 0.493 e. The van der Waals surface area contributed by atoms with Crippen LogP contribution >= 0.6 is 11.6 Å². The highest BCUT2D eigenvalue weighted by Crippen LogP contribution is 2.33. The maximum absolute atomic E-state index is 14.0. The van der Waals surface area contributed by atoms with E-state index in [2.05, 4.69) is 0 Å². The molecule has 3 rings (SSSR count). The van der Waals surface area contributed by atoms with Crippen LogP contribution in [0.4, 0.5) is 10.1 Å². The van der Waals surface area contributed by atoms with Crippen LogP contribution in [0.5, 0.6) is 11.5 Å². The quantitative estimate of drug-likeness (QED) is 0.564. The molecular weight excluding hydrogens is 449 g/mol. The lowest BCUT2D eigenvalue weighted by Gasteiger charge is -2.37. The average Bonchev–Trinajstić information content (AvgIpc) is 2.94. The molecule has 0 saturated carbocycles. The van der Waals surface area contributed by atoms with E-state index in [1.807, 2.05) is 35.9 Å². The number of aliphatic hydroxyl groups is 1. The molecule has 0 radical (unpaired) electrons. The van der Waals surface area contributed by atoms with Gasteiger partial charge in [-0.2, -0.15) is 0 Å². The number of anilines is 1. The van der Waals surface area contributed by atoms with Gasteiger partial charge in [-0.3, -0.25) is 9.69 Å². The number of carbonyl (C=O) groups is 1. The summed E-state index contributed by atoms with van der Waals surface area (Å²) in [5, 5.41) is 10.8. The summed E-state index contributed by atoms with van der Waals surface area (Å²) < 4.78 is 24.8. The molecule has 2 aromatic rings. The number of nitrogens with zero attached hydrogens (tertiary/aromatic N) is 2. The molecule has 0 aliphatic carbocycles. The van der Waals surface area contributed by atoms with Crippen LogP contribution in [0.15, 0.2) is 24.3 Å². The maximum Gasteiger partial charge on any atom is 0.228 e. The first-order valence-electron chi connectivity index (χ1n) is 10.9. The Bertz CT molecular complexity index is 996. The zero-order valence-corrected chi connectivity index (χ0v) is 20.2. The zero-order valence-electron chi connectivity index (χ0n) is 19.4. The van der Waals surface area contributed by atoms with Crippen LogP contribution in [0.1, 0.15) is 36.1 Å². The molecule has 3 N–H and O–H groups in total. The molecule has 0 spiro atoms. The Labute approximate surface area is 198 Å². The summed E-state index contributed by atoms with van der Waals surface area (Å²) in [7, 11) is 5.00. The Kier molecular flexibility index (Phi) is 8.05. The van der Waals surface area contributed by atoms with E-state index in [4.69, 9.17) is 26.8 Å². The molecule has 33 heavy (non-hydrogen) atoms. The molecule has 0 fully saturated rings. The number of amides is 1. The van der Waals surface area contributed by atoms with Gasteiger partial charge in [0.05, 0.1) is 43.6 Å². The molecule has 1 heterocycles. The Morgan fingerprint density at radius 2 is 1.85 bits per heavy atom. The lowest BCUT2D eigenvalue weighted by atomic mass is 10.0. The standard InChI is InChI=1S/C24H31ClFN3O4/c1-5-22(28(2)13-19(30)16-8-17(25)24(27)18(26)9-16)29-7-6-14-10-20(32-3)21(33-4)11-15(14)12-23(29)31/h8-11,19,22,30H,5-7,12-13,27H2,1-4H3. The third kappa shape index (κ3) is 5.34. The second-order valence-electron chi connectivity index (χ2n) is 8.23. The van der Waals surface area contributed by atoms with Gasteiger partial charge in [0.2, 0.25) is 5.91 Å². The predicted octanol–water partition coefficient (Wildman–Crippen LogP) is 3.41. The Morgan fingerprint density at radius 1 is 1.21 bits per heavy atom. The summed E-state index contributed by atoms with van der Waals surface area (Å²) in [6.07, 6.45) is 0.354. The first kappa shape index (κ1) is 25.1. The van der Waals surface area contributed by atoms with Gasteiger partial charge in [0.1, 0.15) is 5.82 Å². The van der Waals surface area contributed by atoms with Gasteiger partial charge in [-0.05, 0) is 60.8 Å². The van der Waals surface area contributed by atoms with Gasteiger partial charge >= 0.3 is 0 Å². The van der Waals surface area contributed by atoms with Crippen molar-refractivity contribution in [3.05, 3.63) is 51.8 Å². The van der Waals surface area contributed by atoms with Crippen molar-refractivity contribution in [1.29, 1.82) is 0 Å². The number of benzene rings is 2. The van der Waals surface area contributed by atoms with E-state index in [1.165, 1.54) is 12.1 Å². The molecule has 0 saturated heterocycles. The SMILES string of the molecule is CCC(N(C)CC(O)c1cc(F)c(N)c(Cl)c1)N1CCc2cc(OC)c(OC)cc2CC1=O. The fraction of sp³-hybridized carbons (Fsp3) is 0.458. The Balaban J connectivity index is 1.77. The van der Waals surface area contributed by atoms with Gasteiger partial charge in [-0.15, -0.1) is 0 Å². The van der Waals surface area contributed by atoms with E-state index in [9.17, 15) is 14.3 Å². The molecule has 0 aromatic heterocycles. The number of aliphatic hydroxyl groups excluding tert-OH is 1. The van der Waals surface area contributed by atoms with Crippen molar-refractivity contribution in [1.82, 2.24) is 9.80 Å². The number of ether oxygens (including phenoxy) is 2. The second kappa shape index (κ2) is 10.6. The summed E-state index contributed by atoms with van der Waals surface area (Å²) in [5.41, 5.74) is 7.73. The van der Waals surface area contributed by atoms with Gasteiger partial charge in [0.25, 0.3) is 0 Å². The number of nitrogen functional groups attached to an aromatic ring is 1. The van der Waals surface area contributed by atoms with Gasteiger partial charge in [-0.1, -0.05) is 18.5 Å². The van der Waals surface area contributed by atoms with Crippen LogP contribution in [0.2, 0.25) is 5.02 Å². The third-order valence-electron chi connectivity index (χ3n) is 6.17. The molecule has 2 atom stereocenters. The van der Waals surface area contributed by atoms with Crippen molar-refractivity contribution in [2.45, 2.75) is 38.5 Å². The molecule has 1 aliphatic heterocycles. The molecule has 2 aromatic carbocycles. The number of nitrogens with two attached hydrogens (primary N) is 1. The highest BCUT2D eigenvalue weighted by Gasteiger charge is 2.30. The van der Waals surface area contributed by atoms with Crippen molar-refractivity contribution in [2.24, 2.45) is 0 Å². The highest BCUT2D eigenvalue weighted by atomic mass is 35.5. The highest BCUT2D eigenvalue weighted by molar-refractivity contribution is 6.33. The second-order valence-corrected chi connectivity index (χ2v) is 8.64. The van der Waals surface area contributed by atoms with E-state index in [0.29, 0.717) is 36.4 Å². The zero-order chi connectivity index (χ0) is 24.3. The van der Waals surface area contributed by atoms with Gasteiger partial charge in [0, 0.05) is 13.1 Å². The minimum Gasteiger partial charge on any atom is -0.493 e. The molecule has 180 valence electrons. The van der Waals surface area contributed by atoms with Crippen LogP contribution in [-0.2, 0) is 17.6 Å². The molecule has 0 bridgehead atoms. The fourth-order valence-corrected chi connectivity index (χ4v) is 4.59. The van der Waals surface area contributed by atoms with Crippen molar-refractivity contribution in [3.63, 3.8) is 0 Å². The summed E-state index contributed by atoms with van der Waals surface area (Å²) in [6.45, 7) is 2.71. The number of rotatable bonds is 8. The Morgan fingerprint density at radius 3 is 2.42 bits per heavy atom. The van der Waals surface area contributed by atoms with Crippen LogP contribution in [0.25, 0.3) is 0 Å². The van der Waals surface area contributed by atoms with Gasteiger partial charge in [-0.25, -0.2) is 4.39 Å². The monoisotopic (exact) mass is 479 g/mol. The fourth-order valence-electron chi connectivity index (χ4n) is 4.37. The number of likely N-dealkylation sites (N-methyl/N-ethyl adjacent to an activating group) is 1. The molecule has 7 nitrogen and oxygen atoms in total. The summed E-state index contributed by atoms with van der Waals surface area (Å²) >= 11 is 5.98. The van der Waals surface area contributed by atoms with Crippen LogP contribution < -0.4 is 15.2 Å². The number of fused-ring (bicyclic) bond motifs is 1. The molecule has 2 unspecified atom stereocenters. The smallest absolute Gasteiger partial charge is 0.228 e. The van der Waals surface area contributed by atoms with E-state index < -0.39 is 11.9 Å². The first-order valence-corrected chi connectivity index (χ1v) is 11.2. The van der Waals surface area contributed by atoms with Crippen LogP contribution in [0, 0.1) is 5.82 Å². The summed E-state index contributed by atoms with van der Waals surface area (Å²) in [4.78, 5) is 16.9. The van der Waals surface area contributed by atoms with Gasteiger partial charge < -0.3 is 25.2 Å². The van der Waals surface area contributed by atoms with Crippen LogP contribution in [0.3, 0.4) is 0 Å². The van der Waals surface area contributed by atoms with E-state index in [1.54, 1.807) is 14.2 Å². The Hall–Kier alpha value is -2.55. The van der Waals surface area contributed by atoms with Crippen molar-refractivity contribution < 1.29 is 23.8 Å². The number of carbonyl (C=O) groups excluding carboxylic acids is 1. The minimum absolute atomic E-state index is 0.00395. The number of hydrogen-bond donors (Lipinski definition) is 2. The molecule has 1 aliphatic rings. The van der Waals surface area contributed by atoms with E-state index >= 15 is 0 Å². The first-order chi connectivity index (χ1) is 15.7. The summed E-state index contributed by atoms with van der Waals surface area (Å²) in [5.74, 6) is 0.561. The van der Waals surface area contributed by atoms with Crippen molar-refractivity contribution >= 4 is 23.2 Å². The van der Waals surface area contributed by atoms with Crippen molar-refractivity contribution in [3.8, 4) is 11.5 Å². The number of halogens is 2. The van der Waals surface area contributed by atoms with E-state index in [0.717, 1.165) is 11.1 Å². The predicted molar refractivity (Wildman–Crippen MR) is 126 cm³/mol. The maximum atomic E-state index is 14.0. The van der Waals surface area contributed by atoms with Crippen molar-refractivity contribution in [2.75, 3.05) is 40.1 Å². The number of methoxy groups -OCH3 is 2. The minimum atomic E-state index is -0.996. The van der Waals surface area contributed by atoms with Gasteiger partial charge in [0.15, 0.2) is 11.5 Å². The molecular formula is C24H31ClFN3O4. The lowest BCUT2D eigenvalue weighted by Crippen LogP contribution is -2.50. The topological polar surface area (TPSA) is 88.3 Å². The lowest BCUT2D eigenvalue weighted by molar-refractivity contribution is -0.137. The third-order valence-corrected chi connectivity index (χ3v) is 6.48.